The van der Waals surface area contributed by atoms with Gasteiger partial charge in [0.2, 0.25) is 0 Å². The molecule has 0 unspecified atom stereocenters. The van der Waals surface area contributed by atoms with E-state index in [9.17, 15) is 0 Å². The summed E-state index contributed by atoms with van der Waals surface area (Å²) in [7, 11) is 0. The molecule has 0 atom stereocenters. The first-order chi connectivity index (χ1) is 29.0. The zero-order valence-corrected chi connectivity index (χ0v) is 33.7. The Morgan fingerprint density at radius 3 is 1.81 bits per heavy atom. The molecule has 1 spiro atoms. The van der Waals surface area contributed by atoms with Crippen molar-refractivity contribution >= 4 is 38.6 Å². The minimum Gasteiger partial charge on any atom is -0.310 e. The summed E-state index contributed by atoms with van der Waals surface area (Å²) in [6.45, 7) is 4.76. The minimum absolute atomic E-state index is 0.0795. The van der Waals surface area contributed by atoms with E-state index in [1.807, 2.05) is 0 Å². The molecule has 0 saturated heterocycles. The van der Waals surface area contributed by atoms with Crippen LogP contribution in [0, 0.1) is 0 Å². The molecular weight excluding hydrogens is 711 g/mol. The summed E-state index contributed by atoms with van der Waals surface area (Å²) in [6, 6.07) is 71.0. The number of hydrogen-bond acceptors (Lipinski definition) is 1. The average Bonchev–Trinajstić information content (AvgIpc) is 3.96. The predicted octanol–water partition coefficient (Wildman–Crippen LogP) is 15.9. The third kappa shape index (κ3) is 5.04. The fourth-order valence-electron chi connectivity index (χ4n) is 11.5. The van der Waals surface area contributed by atoms with Gasteiger partial charge in [-0.25, -0.2) is 0 Å². The molecule has 12 rings (SSSR count). The molecule has 0 amide bonds. The van der Waals surface area contributed by atoms with E-state index in [1.165, 1.54) is 125 Å². The van der Waals surface area contributed by atoms with E-state index < -0.39 is 0 Å². The zero-order chi connectivity index (χ0) is 39.3. The second kappa shape index (κ2) is 12.9. The number of rotatable bonds is 5. The van der Waals surface area contributed by atoms with Gasteiger partial charge in [-0.2, -0.15) is 0 Å². The Bertz CT molecular complexity index is 3140. The molecule has 1 nitrogen and oxygen atoms in total. The molecule has 282 valence electrons. The standard InChI is InChI=1S/C58H45N/c1-57(2)52-21-8-5-18-49(52)51-20-13-19-47(56(51)57)39-26-29-42(30-27-39)59(43-31-33-50-48-17-6-9-22-53(48)58(54(50)37-43)34-11-12-35-58)55-23-10-7-16-46(55)41-28-32-45-40(36-41)25-24-38-14-3-4-15-44(38)45/h3-10,13-33,36-37H,11-12,34-35H2,1-2H3. The van der Waals surface area contributed by atoms with Gasteiger partial charge >= 0.3 is 0 Å². The van der Waals surface area contributed by atoms with Crippen molar-refractivity contribution in [1.82, 2.24) is 0 Å². The highest BCUT2D eigenvalue weighted by molar-refractivity contribution is 6.09. The molecule has 0 N–H and O–H groups in total. The molecule has 0 radical (unpaired) electrons. The van der Waals surface area contributed by atoms with Crippen molar-refractivity contribution in [2.24, 2.45) is 0 Å². The van der Waals surface area contributed by atoms with Crippen molar-refractivity contribution in [3.63, 3.8) is 0 Å². The summed E-state index contributed by atoms with van der Waals surface area (Å²) >= 11 is 0. The molecule has 0 aromatic heterocycles. The highest BCUT2D eigenvalue weighted by atomic mass is 15.1. The normalized spacial score (nSPS) is 15.3. The molecule has 1 saturated carbocycles. The van der Waals surface area contributed by atoms with E-state index in [-0.39, 0.29) is 10.8 Å². The van der Waals surface area contributed by atoms with E-state index in [2.05, 4.69) is 207 Å². The Kier molecular flexibility index (Phi) is 7.51. The van der Waals surface area contributed by atoms with Gasteiger partial charge in [0.1, 0.15) is 0 Å². The monoisotopic (exact) mass is 755 g/mol. The Balaban J connectivity index is 1.03. The second-order valence-electron chi connectivity index (χ2n) is 17.6. The zero-order valence-electron chi connectivity index (χ0n) is 33.7. The lowest BCUT2D eigenvalue weighted by atomic mass is 9.76. The molecule has 9 aromatic rings. The summed E-state index contributed by atoms with van der Waals surface area (Å²) in [6.07, 6.45) is 4.96. The molecule has 0 heterocycles. The summed E-state index contributed by atoms with van der Waals surface area (Å²) in [5.74, 6) is 0. The lowest BCUT2D eigenvalue weighted by Crippen LogP contribution is -2.21. The molecule has 0 bridgehead atoms. The third-order valence-electron chi connectivity index (χ3n) is 14.2. The van der Waals surface area contributed by atoms with Crippen LogP contribution in [0.1, 0.15) is 61.8 Å². The molecule has 59 heavy (non-hydrogen) atoms. The molecule has 1 heteroatoms. The van der Waals surface area contributed by atoms with E-state index in [4.69, 9.17) is 0 Å². The lowest BCUT2D eigenvalue weighted by Gasteiger charge is -2.31. The highest BCUT2D eigenvalue weighted by Gasteiger charge is 2.45. The van der Waals surface area contributed by atoms with E-state index in [0.29, 0.717) is 0 Å². The number of hydrogen-bond donors (Lipinski definition) is 0. The fourth-order valence-corrected chi connectivity index (χ4v) is 11.5. The number of anilines is 3. The summed E-state index contributed by atoms with van der Waals surface area (Å²) in [5, 5.41) is 5.11. The van der Waals surface area contributed by atoms with Crippen LogP contribution >= 0.6 is 0 Å². The first-order valence-electron chi connectivity index (χ1n) is 21.4. The lowest BCUT2D eigenvalue weighted by molar-refractivity contribution is 0.550. The number of para-hydroxylation sites is 1. The number of benzene rings is 9. The Labute approximate surface area is 347 Å². The van der Waals surface area contributed by atoms with Gasteiger partial charge in [-0.05, 0) is 132 Å². The van der Waals surface area contributed by atoms with Crippen molar-refractivity contribution in [1.29, 1.82) is 0 Å². The van der Waals surface area contributed by atoms with Crippen LogP contribution in [-0.2, 0) is 10.8 Å². The van der Waals surface area contributed by atoms with E-state index in [0.717, 1.165) is 5.69 Å². The molecule has 3 aliphatic rings. The van der Waals surface area contributed by atoms with Crippen molar-refractivity contribution in [2.45, 2.75) is 50.4 Å². The van der Waals surface area contributed by atoms with Crippen LogP contribution in [0.3, 0.4) is 0 Å². The van der Waals surface area contributed by atoms with Gasteiger partial charge in [0.25, 0.3) is 0 Å². The predicted molar refractivity (Wildman–Crippen MR) is 249 cm³/mol. The van der Waals surface area contributed by atoms with Crippen LogP contribution in [0.5, 0.6) is 0 Å². The van der Waals surface area contributed by atoms with Crippen LogP contribution in [0.2, 0.25) is 0 Å². The Morgan fingerprint density at radius 2 is 0.983 bits per heavy atom. The largest absolute Gasteiger partial charge is 0.310 e. The molecule has 1 fully saturated rings. The Hall–Kier alpha value is -6.70. The van der Waals surface area contributed by atoms with Crippen molar-refractivity contribution < 1.29 is 0 Å². The average molecular weight is 756 g/mol. The maximum Gasteiger partial charge on any atom is 0.0540 e. The van der Waals surface area contributed by atoms with Crippen LogP contribution < -0.4 is 4.90 Å². The maximum absolute atomic E-state index is 2.54. The van der Waals surface area contributed by atoms with Crippen LogP contribution in [0.4, 0.5) is 17.1 Å². The molecular formula is C58H45N. The van der Waals surface area contributed by atoms with Crippen molar-refractivity contribution in [3.8, 4) is 44.5 Å². The Morgan fingerprint density at radius 1 is 0.390 bits per heavy atom. The van der Waals surface area contributed by atoms with Crippen LogP contribution in [0.15, 0.2) is 188 Å². The third-order valence-corrected chi connectivity index (χ3v) is 14.2. The first kappa shape index (κ1) is 34.4. The molecule has 3 aliphatic carbocycles. The maximum atomic E-state index is 2.54. The van der Waals surface area contributed by atoms with E-state index >= 15 is 0 Å². The van der Waals surface area contributed by atoms with Crippen molar-refractivity contribution in [3.05, 3.63) is 210 Å². The van der Waals surface area contributed by atoms with Gasteiger partial charge < -0.3 is 4.90 Å². The van der Waals surface area contributed by atoms with Gasteiger partial charge in [0.15, 0.2) is 0 Å². The smallest absolute Gasteiger partial charge is 0.0540 e. The molecule has 0 aliphatic heterocycles. The SMILES string of the molecule is CC1(C)c2ccccc2-c2cccc(-c3ccc(N(c4ccc5c(c4)C4(CCCC4)c4ccccc4-5)c4ccccc4-c4ccc5c(ccc6ccccc65)c4)cc3)c21. The fraction of sp³-hybridized carbons (Fsp3) is 0.138. The van der Waals surface area contributed by atoms with Gasteiger partial charge in [0.05, 0.1) is 5.69 Å². The van der Waals surface area contributed by atoms with Gasteiger partial charge in [-0.3, -0.25) is 0 Å². The van der Waals surface area contributed by atoms with E-state index in [1.54, 1.807) is 0 Å². The number of fused-ring (bicyclic) bond motifs is 11. The number of nitrogens with zero attached hydrogens (tertiary/aromatic N) is 1. The first-order valence-corrected chi connectivity index (χ1v) is 21.4. The van der Waals surface area contributed by atoms with Crippen LogP contribution in [0.25, 0.3) is 66.1 Å². The van der Waals surface area contributed by atoms with Crippen molar-refractivity contribution in [2.75, 3.05) is 4.90 Å². The second-order valence-corrected chi connectivity index (χ2v) is 17.6. The summed E-state index contributed by atoms with van der Waals surface area (Å²) in [5.41, 5.74) is 19.9. The van der Waals surface area contributed by atoms with Gasteiger partial charge in [0, 0.05) is 27.8 Å². The summed E-state index contributed by atoms with van der Waals surface area (Å²) in [4.78, 5) is 2.52. The minimum atomic E-state index is -0.0868. The van der Waals surface area contributed by atoms with Crippen LogP contribution in [-0.4, -0.2) is 0 Å². The highest BCUT2D eigenvalue weighted by Crippen LogP contribution is 2.58. The van der Waals surface area contributed by atoms with Gasteiger partial charge in [-0.1, -0.05) is 178 Å². The van der Waals surface area contributed by atoms with Gasteiger partial charge in [-0.15, -0.1) is 0 Å². The summed E-state index contributed by atoms with van der Waals surface area (Å²) < 4.78 is 0. The topological polar surface area (TPSA) is 3.24 Å². The molecule has 9 aromatic carbocycles. The quantitative estimate of drug-likeness (QED) is 0.158.